The highest BCUT2D eigenvalue weighted by molar-refractivity contribution is 6.21. The van der Waals surface area contributed by atoms with Gasteiger partial charge in [-0.3, -0.25) is 9.59 Å². The molecule has 240 valence electrons. The smallest absolute Gasteiger partial charge is 0.333 e. The van der Waals surface area contributed by atoms with E-state index in [-0.39, 0.29) is 36.9 Å². The molecule has 0 aromatic carbocycles. The van der Waals surface area contributed by atoms with E-state index in [1.807, 2.05) is 38.2 Å². The van der Waals surface area contributed by atoms with Gasteiger partial charge in [-0.2, -0.15) is 0 Å². The first-order valence-corrected chi connectivity index (χ1v) is 16.2. The summed E-state index contributed by atoms with van der Waals surface area (Å²) in [6.45, 7) is 14.4. The van der Waals surface area contributed by atoms with E-state index in [2.05, 4.69) is 32.7 Å². The van der Waals surface area contributed by atoms with Crippen LogP contribution in [0.5, 0.6) is 0 Å². The number of amides is 2. The Morgan fingerprint density at radius 1 is 1.04 bits per heavy atom. The molecule has 47 heavy (non-hydrogen) atoms. The first-order chi connectivity index (χ1) is 22.5. The Kier molecular flexibility index (Phi) is 7.33. The molecule has 0 aromatic rings. The van der Waals surface area contributed by atoms with Crippen molar-refractivity contribution >= 4 is 34.9 Å². The van der Waals surface area contributed by atoms with Gasteiger partial charge in [0.1, 0.15) is 5.76 Å². The molecule has 7 aliphatic rings. The van der Waals surface area contributed by atoms with Crippen LogP contribution in [0.3, 0.4) is 0 Å². The Labute approximate surface area is 273 Å². The molecule has 6 heterocycles. The van der Waals surface area contributed by atoms with Gasteiger partial charge in [0.25, 0.3) is 11.8 Å². The largest absolute Gasteiger partial charge is 0.511 e. The number of rotatable bonds is 6. The molecule has 8 bridgehead atoms. The van der Waals surface area contributed by atoms with Gasteiger partial charge in [0, 0.05) is 65.6 Å². The highest BCUT2D eigenvalue weighted by Crippen LogP contribution is 2.46. The van der Waals surface area contributed by atoms with E-state index in [4.69, 9.17) is 19.8 Å². The van der Waals surface area contributed by atoms with Crippen molar-refractivity contribution in [2.24, 2.45) is 26.8 Å². The van der Waals surface area contributed by atoms with Gasteiger partial charge >= 0.3 is 5.97 Å². The minimum absolute atomic E-state index is 0.00977. The number of hydroxylamine groups is 2. The lowest BCUT2D eigenvalue weighted by molar-refractivity contribution is -0.197. The van der Waals surface area contributed by atoms with Gasteiger partial charge < -0.3 is 15.3 Å². The van der Waals surface area contributed by atoms with Crippen molar-refractivity contribution in [1.82, 2.24) is 10.4 Å². The standard InChI is InChI=1S/C37H37N5O5/c1-7-21-17(3)25-14-27-19(5)23(9-12-34(46)47-42-32(44)10-11-33(42)45)36(40-27)24-13-31(43)35-20(6)28(41-37(24)35)16-30-22(8-2)18(4)26(39-30)15-29(21)38-25/h7,14-16,19,23,40,43H,1,8-13H2,2-6H3/t19-,23?/m0/s1. The molecular weight excluding hydrogens is 594 g/mol. The average molecular weight is 632 g/mol. The number of allylic oxidation sites excluding steroid dienone is 12. The molecule has 2 fully saturated rings. The fourth-order valence-electron chi connectivity index (χ4n) is 7.46. The number of nitrogens with zero attached hydrogens (tertiary/aromatic N) is 4. The van der Waals surface area contributed by atoms with Crippen molar-refractivity contribution in [1.29, 1.82) is 0 Å². The average Bonchev–Trinajstić information content (AvgIpc) is 3.84. The third-order valence-electron chi connectivity index (χ3n) is 10.2. The quantitative estimate of drug-likeness (QED) is 0.334. The summed E-state index contributed by atoms with van der Waals surface area (Å²) in [7, 11) is 0. The molecule has 1 aliphatic carbocycles. The number of aliphatic hydroxyl groups excluding tert-OH is 1. The van der Waals surface area contributed by atoms with Crippen LogP contribution in [0.25, 0.3) is 0 Å². The highest BCUT2D eigenvalue weighted by Gasteiger charge is 2.42. The second-order valence-corrected chi connectivity index (χ2v) is 12.8. The van der Waals surface area contributed by atoms with Crippen LogP contribution in [0.2, 0.25) is 0 Å². The number of fused-ring (bicyclic) bond motifs is 5. The van der Waals surface area contributed by atoms with E-state index in [0.29, 0.717) is 17.9 Å². The van der Waals surface area contributed by atoms with Crippen molar-refractivity contribution in [3.05, 3.63) is 104 Å². The fraction of sp³-hybridized carbons (Fsp3) is 0.351. The molecule has 2 atom stereocenters. The molecule has 0 aromatic heterocycles. The van der Waals surface area contributed by atoms with Gasteiger partial charge in [0.15, 0.2) is 0 Å². The zero-order valence-electron chi connectivity index (χ0n) is 27.3. The number of imide groups is 1. The predicted molar refractivity (Wildman–Crippen MR) is 179 cm³/mol. The summed E-state index contributed by atoms with van der Waals surface area (Å²) in [5.41, 5.74) is 13.3. The second-order valence-electron chi connectivity index (χ2n) is 12.8. The summed E-state index contributed by atoms with van der Waals surface area (Å²) >= 11 is 0. The molecule has 2 saturated heterocycles. The molecule has 10 heteroatoms. The van der Waals surface area contributed by atoms with Crippen molar-refractivity contribution in [2.45, 2.75) is 73.1 Å². The van der Waals surface area contributed by atoms with Crippen LogP contribution in [-0.2, 0) is 19.2 Å². The van der Waals surface area contributed by atoms with Crippen LogP contribution in [0, 0.1) is 11.8 Å². The molecule has 10 nitrogen and oxygen atoms in total. The summed E-state index contributed by atoms with van der Waals surface area (Å²) in [5.74, 6) is -1.62. The van der Waals surface area contributed by atoms with Crippen LogP contribution in [0.4, 0.5) is 0 Å². The van der Waals surface area contributed by atoms with E-state index in [0.717, 1.165) is 91.1 Å². The molecule has 0 radical (unpaired) electrons. The number of aliphatic hydroxyl groups is 1. The molecule has 0 spiro atoms. The molecule has 1 unspecified atom stereocenters. The number of aliphatic imine (C=N–C) groups is 3. The topological polar surface area (TPSA) is 133 Å². The highest BCUT2D eigenvalue weighted by atomic mass is 16.7. The monoisotopic (exact) mass is 631 g/mol. The van der Waals surface area contributed by atoms with Gasteiger partial charge in [0.05, 0.1) is 34.2 Å². The van der Waals surface area contributed by atoms with Gasteiger partial charge in [-0.25, -0.2) is 19.8 Å². The van der Waals surface area contributed by atoms with E-state index in [1.54, 1.807) is 0 Å². The summed E-state index contributed by atoms with van der Waals surface area (Å²) in [4.78, 5) is 57.3. The van der Waals surface area contributed by atoms with Crippen molar-refractivity contribution < 1.29 is 24.3 Å². The molecular formula is C37H37N5O5. The molecule has 2 N–H and O–H groups in total. The summed E-state index contributed by atoms with van der Waals surface area (Å²) in [6.07, 6.45) is 9.47. The molecule has 2 amide bonds. The summed E-state index contributed by atoms with van der Waals surface area (Å²) in [6, 6.07) is 0. The van der Waals surface area contributed by atoms with Gasteiger partial charge in [-0.05, 0) is 74.1 Å². The van der Waals surface area contributed by atoms with E-state index in [1.165, 1.54) is 0 Å². The van der Waals surface area contributed by atoms with Crippen LogP contribution in [-0.4, -0.2) is 45.1 Å². The zero-order chi connectivity index (χ0) is 33.3. The number of carbonyl (C=O) groups excluding carboxylic acids is 3. The van der Waals surface area contributed by atoms with Gasteiger partial charge in [0.2, 0.25) is 0 Å². The lowest BCUT2D eigenvalue weighted by atomic mass is 9.86. The van der Waals surface area contributed by atoms with Crippen molar-refractivity contribution in [3.8, 4) is 0 Å². The van der Waals surface area contributed by atoms with Crippen LogP contribution in [0.15, 0.2) is 119 Å². The van der Waals surface area contributed by atoms with Gasteiger partial charge in [-0.1, -0.05) is 26.5 Å². The Morgan fingerprint density at radius 3 is 2.45 bits per heavy atom. The molecule has 0 saturated carbocycles. The Balaban J connectivity index is 1.34. The molecule has 6 aliphatic heterocycles. The maximum atomic E-state index is 12.9. The normalized spacial score (nSPS) is 25.1. The first kappa shape index (κ1) is 30.5. The predicted octanol–water partition coefficient (Wildman–Crippen LogP) is 6.23. The second kappa shape index (κ2) is 11.3. The lowest BCUT2D eigenvalue weighted by Crippen LogP contribution is -2.32. The Bertz CT molecular complexity index is 1950. The maximum absolute atomic E-state index is 12.9. The molecule has 7 rings (SSSR count). The van der Waals surface area contributed by atoms with Crippen molar-refractivity contribution in [3.63, 3.8) is 0 Å². The first-order valence-electron chi connectivity index (χ1n) is 16.2. The van der Waals surface area contributed by atoms with E-state index in [9.17, 15) is 19.5 Å². The lowest BCUT2D eigenvalue weighted by Gasteiger charge is -2.18. The fourth-order valence-corrected chi connectivity index (χ4v) is 7.46. The third-order valence-corrected chi connectivity index (χ3v) is 10.2. The number of hydrogen-bond donors (Lipinski definition) is 2. The number of nitrogens with one attached hydrogen (secondary N) is 1. The van der Waals surface area contributed by atoms with Gasteiger partial charge in [-0.15, -0.1) is 5.06 Å². The maximum Gasteiger partial charge on any atom is 0.333 e. The minimum atomic E-state index is -0.644. The Hall–Kier alpha value is -5.12. The van der Waals surface area contributed by atoms with Crippen LogP contribution < -0.4 is 5.32 Å². The van der Waals surface area contributed by atoms with Crippen LogP contribution in [0.1, 0.15) is 73.1 Å². The zero-order valence-corrected chi connectivity index (χ0v) is 27.3. The summed E-state index contributed by atoms with van der Waals surface area (Å²) in [5, 5.41) is 15.5. The SMILES string of the molecule is C=CC1=C(C)C2=NC1=CC1=NC(=CC3=C(C)C4=C(O)CC(=C5NC(=C2)[C@@H](C)C5CCC(=O)ON2C(=O)CCC2=O)C4=N3)C(CC)=C1C. The number of carbonyl (C=O) groups is 3. The number of hydrogen-bond acceptors (Lipinski definition) is 9. The van der Waals surface area contributed by atoms with E-state index < -0.39 is 17.8 Å². The third kappa shape index (κ3) is 4.85. The summed E-state index contributed by atoms with van der Waals surface area (Å²) < 4.78 is 0. The minimum Gasteiger partial charge on any atom is -0.511 e. The van der Waals surface area contributed by atoms with Crippen LogP contribution >= 0.6 is 0 Å². The van der Waals surface area contributed by atoms with Crippen molar-refractivity contribution in [2.75, 3.05) is 0 Å². The van der Waals surface area contributed by atoms with E-state index >= 15 is 0 Å². The Morgan fingerprint density at radius 2 is 1.74 bits per heavy atom.